The number of rotatable bonds is 6. The summed E-state index contributed by atoms with van der Waals surface area (Å²) in [7, 11) is -3.21. The summed E-state index contributed by atoms with van der Waals surface area (Å²) in [5, 5.41) is 2.74. The number of sulfonamides is 1. The minimum absolute atomic E-state index is 0.0839. The lowest BCUT2D eigenvalue weighted by atomic mass is 10.2. The van der Waals surface area contributed by atoms with Gasteiger partial charge in [-0.05, 0) is 31.2 Å². The van der Waals surface area contributed by atoms with E-state index in [0.717, 1.165) is 11.4 Å². The van der Waals surface area contributed by atoms with Crippen molar-refractivity contribution in [1.29, 1.82) is 0 Å². The van der Waals surface area contributed by atoms with Crippen LogP contribution in [-0.2, 0) is 21.2 Å². The molecule has 1 saturated carbocycles. The number of amides is 1. The molecule has 120 valence electrons. The van der Waals surface area contributed by atoms with E-state index in [9.17, 15) is 13.2 Å². The molecule has 3 rings (SSSR count). The van der Waals surface area contributed by atoms with E-state index in [1.54, 1.807) is 12.4 Å². The van der Waals surface area contributed by atoms with Crippen LogP contribution in [0.15, 0.2) is 12.4 Å². The highest BCUT2D eigenvalue weighted by Crippen LogP contribution is 2.37. The van der Waals surface area contributed by atoms with Gasteiger partial charge in [-0.2, -0.15) is 4.31 Å². The maximum Gasteiger partial charge on any atom is 0.235 e. The minimum atomic E-state index is -3.21. The summed E-state index contributed by atoms with van der Waals surface area (Å²) >= 11 is 0. The molecule has 0 atom stereocenters. The van der Waals surface area contributed by atoms with Crippen LogP contribution in [0.5, 0.6) is 0 Å². The Morgan fingerprint density at radius 3 is 2.64 bits per heavy atom. The number of hydrogen-bond acceptors (Lipinski definition) is 5. The molecule has 2 aliphatic rings. The zero-order valence-corrected chi connectivity index (χ0v) is 13.2. The van der Waals surface area contributed by atoms with Crippen molar-refractivity contribution in [2.45, 2.75) is 31.6 Å². The van der Waals surface area contributed by atoms with E-state index < -0.39 is 10.0 Å². The first-order chi connectivity index (χ1) is 10.5. The predicted molar refractivity (Wildman–Crippen MR) is 80.7 cm³/mol. The normalized spacial score (nSPS) is 20.9. The number of carbonyl (C=O) groups excluding carboxylic acids is 1. The standard InChI is InChI=1S/C14H20N4O3S/c19-13(10-18-6-1-7-22(18,20)21)15-5-4-11-8-16-14(17-9-11)12-2-3-12/h8-9,12H,1-7,10H2,(H,15,19). The van der Waals surface area contributed by atoms with E-state index in [0.29, 0.717) is 31.8 Å². The topological polar surface area (TPSA) is 92.3 Å². The average molecular weight is 324 g/mol. The van der Waals surface area contributed by atoms with Crippen molar-refractivity contribution in [2.75, 3.05) is 25.4 Å². The van der Waals surface area contributed by atoms with Crippen LogP contribution in [0.3, 0.4) is 0 Å². The average Bonchev–Trinajstić information content (AvgIpc) is 3.27. The van der Waals surface area contributed by atoms with E-state index >= 15 is 0 Å². The molecule has 7 nitrogen and oxygen atoms in total. The van der Waals surface area contributed by atoms with E-state index in [2.05, 4.69) is 15.3 Å². The lowest BCUT2D eigenvalue weighted by molar-refractivity contribution is -0.121. The summed E-state index contributed by atoms with van der Waals surface area (Å²) in [4.78, 5) is 20.4. The Hall–Kier alpha value is -1.54. The molecule has 0 aromatic carbocycles. The lowest BCUT2D eigenvalue weighted by Crippen LogP contribution is -2.38. The second kappa shape index (κ2) is 6.29. The van der Waals surface area contributed by atoms with Gasteiger partial charge in [-0.25, -0.2) is 18.4 Å². The first-order valence-corrected chi connectivity index (χ1v) is 9.21. The van der Waals surface area contributed by atoms with Gasteiger partial charge in [-0.1, -0.05) is 0 Å². The van der Waals surface area contributed by atoms with Crippen LogP contribution in [-0.4, -0.2) is 54.0 Å². The summed E-state index contributed by atoms with van der Waals surface area (Å²) in [6, 6.07) is 0. The molecular formula is C14H20N4O3S. The maximum atomic E-state index is 11.8. The Kier molecular flexibility index (Phi) is 4.39. The second-order valence-corrected chi connectivity index (χ2v) is 7.92. The van der Waals surface area contributed by atoms with Gasteiger partial charge < -0.3 is 5.32 Å². The highest BCUT2D eigenvalue weighted by atomic mass is 32.2. The molecule has 1 aromatic rings. The highest BCUT2D eigenvalue weighted by molar-refractivity contribution is 7.89. The SMILES string of the molecule is O=C(CN1CCCS1(=O)=O)NCCc1cnc(C2CC2)nc1. The van der Waals surface area contributed by atoms with Crippen molar-refractivity contribution in [3.05, 3.63) is 23.8 Å². The molecule has 1 aromatic heterocycles. The fourth-order valence-electron chi connectivity index (χ4n) is 2.48. The van der Waals surface area contributed by atoms with Crippen LogP contribution in [0.2, 0.25) is 0 Å². The zero-order chi connectivity index (χ0) is 15.6. The van der Waals surface area contributed by atoms with Crippen LogP contribution < -0.4 is 5.32 Å². The van der Waals surface area contributed by atoms with Gasteiger partial charge in [0.1, 0.15) is 5.82 Å². The van der Waals surface area contributed by atoms with Crippen molar-refractivity contribution >= 4 is 15.9 Å². The van der Waals surface area contributed by atoms with Crippen LogP contribution in [0.25, 0.3) is 0 Å². The minimum Gasteiger partial charge on any atom is -0.355 e. The highest BCUT2D eigenvalue weighted by Gasteiger charge is 2.29. The molecule has 1 amide bonds. The third-order valence-electron chi connectivity index (χ3n) is 3.93. The molecule has 0 unspecified atom stereocenters. The number of hydrogen-bond donors (Lipinski definition) is 1. The molecule has 1 aliphatic heterocycles. The second-order valence-electron chi connectivity index (χ2n) is 5.83. The van der Waals surface area contributed by atoms with Gasteiger partial charge in [0.25, 0.3) is 0 Å². The van der Waals surface area contributed by atoms with E-state index in [4.69, 9.17) is 0 Å². The molecule has 0 radical (unpaired) electrons. The summed E-state index contributed by atoms with van der Waals surface area (Å²) in [5.41, 5.74) is 0.971. The number of nitrogens with one attached hydrogen (secondary N) is 1. The summed E-state index contributed by atoms with van der Waals surface area (Å²) in [6.45, 7) is 0.810. The van der Waals surface area contributed by atoms with E-state index in [1.807, 2.05) is 0 Å². The predicted octanol–water partition coefficient (Wildman–Crippen LogP) is 0.0482. The molecular weight excluding hydrogens is 304 g/mol. The number of aromatic nitrogens is 2. The van der Waals surface area contributed by atoms with Crippen molar-refractivity contribution < 1.29 is 13.2 Å². The molecule has 8 heteroatoms. The fourth-order valence-corrected chi connectivity index (χ4v) is 3.95. The largest absolute Gasteiger partial charge is 0.355 e. The van der Waals surface area contributed by atoms with Gasteiger partial charge >= 0.3 is 0 Å². The molecule has 2 fully saturated rings. The fraction of sp³-hybridized carbons (Fsp3) is 0.643. The van der Waals surface area contributed by atoms with Crippen LogP contribution >= 0.6 is 0 Å². The Morgan fingerprint density at radius 2 is 2.05 bits per heavy atom. The van der Waals surface area contributed by atoms with Gasteiger partial charge in [-0.3, -0.25) is 4.79 Å². The molecule has 1 N–H and O–H groups in total. The summed E-state index contributed by atoms with van der Waals surface area (Å²) in [5.74, 6) is 1.33. The molecule has 1 aliphatic carbocycles. The summed E-state index contributed by atoms with van der Waals surface area (Å²) in [6.07, 6.45) is 7.20. The van der Waals surface area contributed by atoms with Crippen LogP contribution in [0.4, 0.5) is 0 Å². The molecule has 1 saturated heterocycles. The van der Waals surface area contributed by atoms with E-state index in [-0.39, 0.29) is 18.2 Å². The Balaban J connectivity index is 1.41. The van der Waals surface area contributed by atoms with Crippen LogP contribution in [0, 0.1) is 0 Å². The summed E-state index contributed by atoms with van der Waals surface area (Å²) < 4.78 is 24.5. The number of carbonyl (C=O) groups is 1. The monoisotopic (exact) mass is 324 g/mol. The van der Waals surface area contributed by atoms with Gasteiger partial charge in [0.05, 0.1) is 12.3 Å². The Bertz CT molecular complexity index is 641. The maximum absolute atomic E-state index is 11.8. The van der Waals surface area contributed by atoms with Crippen LogP contribution in [0.1, 0.15) is 36.6 Å². The molecule has 0 spiro atoms. The third kappa shape index (κ3) is 3.80. The Morgan fingerprint density at radius 1 is 1.32 bits per heavy atom. The molecule has 2 heterocycles. The van der Waals surface area contributed by atoms with Crippen molar-refractivity contribution in [3.63, 3.8) is 0 Å². The quantitative estimate of drug-likeness (QED) is 0.798. The van der Waals surface area contributed by atoms with Gasteiger partial charge in [0, 0.05) is 31.4 Å². The first kappa shape index (κ1) is 15.4. The van der Waals surface area contributed by atoms with Gasteiger partial charge in [-0.15, -0.1) is 0 Å². The smallest absolute Gasteiger partial charge is 0.235 e. The molecule has 0 bridgehead atoms. The van der Waals surface area contributed by atoms with Crippen molar-refractivity contribution in [2.24, 2.45) is 0 Å². The van der Waals surface area contributed by atoms with E-state index in [1.165, 1.54) is 17.1 Å². The van der Waals surface area contributed by atoms with Gasteiger partial charge in [0.2, 0.25) is 15.9 Å². The number of nitrogens with zero attached hydrogens (tertiary/aromatic N) is 3. The van der Waals surface area contributed by atoms with Crippen molar-refractivity contribution in [3.8, 4) is 0 Å². The third-order valence-corrected chi connectivity index (χ3v) is 5.83. The lowest BCUT2D eigenvalue weighted by Gasteiger charge is -2.13. The zero-order valence-electron chi connectivity index (χ0n) is 12.4. The van der Waals surface area contributed by atoms with Crippen molar-refractivity contribution in [1.82, 2.24) is 19.6 Å². The Labute approximate surface area is 130 Å². The first-order valence-electron chi connectivity index (χ1n) is 7.60. The molecule has 22 heavy (non-hydrogen) atoms. The van der Waals surface area contributed by atoms with Gasteiger partial charge in [0.15, 0.2) is 0 Å².